The van der Waals surface area contributed by atoms with E-state index < -0.39 is 5.97 Å². The standard InChI is InChI=1S/C13H17N3O3S/c1-4-16-7-9(12(18)19-5-2)10(17)8-6-14-13(20-3)15-11(8)16/h6,17H,4-5,7H2,1-3H3. The van der Waals surface area contributed by atoms with Crippen LogP contribution in [0.4, 0.5) is 5.82 Å². The van der Waals surface area contributed by atoms with Crippen molar-refractivity contribution in [3.63, 3.8) is 0 Å². The maximum absolute atomic E-state index is 11.9. The quantitative estimate of drug-likeness (QED) is 0.516. The number of thioether (sulfide) groups is 1. The topological polar surface area (TPSA) is 75.5 Å². The Morgan fingerprint density at radius 3 is 2.90 bits per heavy atom. The Morgan fingerprint density at radius 2 is 2.30 bits per heavy atom. The fourth-order valence-electron chi connectivity index (χ4n) is 2.01. The Labute approximate surface area is 121 Å². The number of hydrogen-bond acceptors (Lipinski definition) is 7. The second kappa shape index (κ2) is 6.13. The molecule has 1 aromatic rings. The molecular weight excluding hydrogens is 278 g/mol. The SMILES string of the molecule is CCOC(=O)C1=C(O)c2cnc(SC)nc2N(CC)C1. The summed E-state index contributed by atoms with van der Waals surface area (Å²) in [6, 6.07) is 0. The molecule has 0 aliphatic carbocycles. The molecule has 6 nitrogen and oxygen atoms in total. The van der Waals surface area contributed by atoms with Crippen molar-refractivity contribution >= 4 is 29.3 Å². The molecule has 1 aliphatic rings. The third-order valence-electron chi connectivity index (χ3n) is 3.02. The summed E-state index contributed by atoms with van der Waals surface area (Å²) in [6.45, 7) is 4.94. The highest BCUT2D eigenvalue weighted by Gasteiger charge is 2.30. The number of aromatic nitrogens is 2. The van der Waals surface area contributed by atoms with Crippen molar-refractivity contribution in [1.82, 2.24) is 9.97 Å². The van der Waals surface area contributed by atoms with Gasteiger partial charge in [-0.05, 0) is 20.1 Å². The number of fused-ring (bicyclic) bond motifs is 1. The number of ether oxygens (including phenoxy) is 1. The molecule has 7 heteroatoms. The highest BCUT2D eigenvalue weighted by atomic mass is 32.2. The smallest absolute Gasteiger partial charge is 0.339 e. The zero-order valence-corrected chi connectivity index (χ0v) is 12.5. The van der Waals surface area contributed by atoms with Crippen LogP contribution in [0.1, 0.15) is 19.4 Å². The van der Waals surface area contributed by atoms with Crippen molar-refractivity contribution in [2.75, 3.05) is 30.9 Å². The first kappa shape index (κ1) is 14.6. The fourth-order valence-corrected chi connectivity index (χ4v) is 2.34. The summed E-state index contributed by atoms with van der Waals surface area (Å²) >= 11 is 1.43. The molecule has 1 aromatic heterocycles. The molecule has 2 rings (SSSR count). The van der Waals surface area contributed by atoms with Crippen LogP contribution in [0, 0.1) is 0 Å². The number of rotatable bonds is 4. The highest BCUT2D eigenvalue weighted by Crippen LogP contribution is 2.32. The lowest BCUT2D eigenvalue weighted by Gasteiger charge is -2.29. The molecular formula is C13H17N3O3S. The average Bonchev–Trinajstić information content (AvgIpc) is 2.47. The summed E-state index contributed by atoms with van der Waals surface area (Å²) in [6.07, 6.45) is 3.44. The molecule has 20 heavy (non-hydrogen) atoms. The van der Waals surface area contributed by atoms with E-state index in [4.69, 9.17) is 4.74 Å². The van der Waals surface area contributed by atoms with Gasteiger partial charge in [0.1, 0.15) is 11.6 Å². The summed E-state index contributed by atoms with van der Waals surface area (Å²) in [5.41, 5.74) is 0.723. The lowest BCUT2D eigenvalue weighted by Crippen LogP contribution is -2.34. The lowest BCUT2D eigenvalue weighted by molar-refractivity contribution is -0.138. The van der Waals surface area contributed by atoms with Crippen LogP contribution in [0.5, 0.6) is 0 Å². The third-order valence-corrected chi connectivity index (χ3v) is 3.58. The van der Waals surface area contributed by atoms with E-state index in [1.165, 1.54) is 11.8 Å². The van der Waals surface area contributed by atoms with Gasteiger partial charge in [0.25, 0.3) is 0 Å². The molecule has 0 saturated carbocycles. The summed E-state index contributed by atoms with van der Waals surface area (Å²) in [5.74, 6) is 0.0660. The third kappa shape index (κ3) is 2.58. The average molecular weight is 295 g/mol. The molecule has 0 bridgehead atoms. The van der Waals surface area contributed by atoms with Crippen LogP contribution in [0.25, 0.3) is 5.76 Å². The van der Waals surface area contributed by atoms with E-state index in [9.17, 15) is 9.90 Å². The molecule has 0 saturated heterocycles. The fraction of sp³-hybridized carbons (Fsp3) is 0.462. The number of likely N-dealkylation sites (N-methyl/N-ethyl adjacent to an activating group) is 1. The van der Waals surface area contributed by atoms with Crippen molar-refractivity contribution in [2.45, 2.75) is 19.0 Å². The van der Waals surface area contributed by atoms with Crippen molar-refractivity contribution in [1.29, 1.82) is 0 Å². The molecule has 0 amide bonds. The van der Waals surface area contributed by atoms with Crippen molar-refractivity contribution in [3.05, 3.63) is 17.3 Å². The molecule has 0 atom stereocenters. The predicted molar refractivity (Wildman–Crippen MR) is 77.9 cm³/mol. The number of hydrogen-bond donors (Lipinski definition) is 1. The van der Waals surface area contributed by atoms with Crippen LogP contribution < -0.4 is 4.90 Å². The van der Waals surface area contributed by atoms with Gasteiger partial charge in [0.05, 0.1) is 24.3 Å². The predicted octanol–water partition coefficient (Wildman–Crippen LogP) is 1.87. The Morgan fingerprint density at radius 1 is 1.55 bits per heavy atom. The maximum atomic E-state index is 11.9. The van der Waals surface area contributed by atoms with Crippen LogP contribution >= 0.6 is 11.8 Å². The zero-order chi connectivity index (χ0) is 14.7. The van der Waals surface area contributed by atoms with Crippen molar-refractivity contribution in [3.8, 4) is 0 Å². The van der Waals surface area contributed by atoms with Gasteiger partial charge in [-0.2, -0.15) is 0 Å². The summed E-state index contributed by atoms with van der Waals surface area (Å²) in [5, 5.41) is 10.9. The van der Waals surface area contributed by atoms with Gasteiger partial charge in [-0.25, -0.2) is 14.8 Å². The number of carbonyl (C=O) groups excluding carboxylic acids is 1. The molecule has 0 unspecified atom stereocenters. The Balaban J connectivity index is 2.49. The van der Waals surface area contributed by atoms with Crippen LogP contribution in [0.3, 0.4) is 0 Å². The van der Waals surface area contributed by atoms with Gasteiger partial charge in [0.2, 0.25) is 0 Å². The summed E-state index contributed by atoms with van der Waals surface area (Å²) in [7, 11) is 0. The summed E-state index contributed by atoms with van der Waals surface area (Å²) < 4.78 is 4.98. The second-order valence-electron chi connectivity index (χ2n) is 4.16. The van der Waals surface area contributed by atoms with Crippen LogP contribution in [0.2, 0.25) is 0 Å². The van der Waals surface area contributed by atoms with E-state index in [0.717, 1.165) is 0 Å². The van der Waals surface area contributed by atoms with E-state index in [-0.39, 0.29) is 17.9 Å². The van der Waals surface area contributed by atoms with Crippen LogP contribution in [-0.4, -0.2) is 47.0 Å². The number of anilines is 1. The monoisotopic (exact) mass is 295 g/mol. The molecule has 2 heterocycles. The highest BCUT2D eigenvalue weighted by molar-refractivity contribution is 7.98. The first-order valence-corrected chi connectivity index (χ1v) is 7.60. The number of aliphatic hydroxyl groups is 1. The molecule has 108 valence electrons. The largest absolute Gasteiger partial charge is 0.506 e. The Kier molecular flexibility index (Phi) is 4.49. The normalized spacial score (nSPS) is 14.2. The van der Waals surface area contributed by atoms with Gasteiger partial charge in [-0.3, -0.25) is 0 Å². The first-order chi connectivity index (χ1) is 9.62. The van der Waals surface area contributed by atoms with Gasteiger partial charge >= 0.3 is 5.97 Å². The van der Waals surface area contributed by atoms with Gasteiger partial charge in [-0.1, -0.05) is 11.8 Å². The molecule has 1 N–H and O–H groups in total. The molecule has 0 aromatic carbocycles. The second-order valence-corrected chi connectivity index (χ2v) is 4.93. The number of esters is 1. The van der Waals surface area contributed by atoms with Crippen molar-refractivity contribution < 1.29 is 14.6 Å². The van der Waals surface area contributed by atoms with E-state index in [0.29, 0.717) is 29.6 Å². The van der Waals surface area contributed by atoms with Crippen LogP contribution in [-0.2, 0) is 9.53 Å². The maximum Gasteiger partial charge on any atom is 0.339 e. The van der Waals surface area contributed by atoms with E-state index in [2.05, 4.69) is 9.97 Å². The zero-order valence-electron chi connectivity index (χ0n) is 11.7. The van der Waals surface area contributed by atoms with Gasteiger partial charge in [-0.15, -0.1) is 0 Å². The minimum Gasteiger partial charge on any atom is -0.506 e. The van der Waals surface area contributed by atoms with E-state index in [1.807, 2.05) is 18.1 Å². The van der Waals surface area contributed by atoms with Gasteiger partial charge in [0.15, 0.2) is 5.16 Å². The minimum atomic E-state index is -0.497. The van der Waals surface area contributed by atoms with E-state index >= 15 is 0 Å². The molecule has 0 fully saturated rings. The van der Waals surface area contributed by atoms with Crippen LogP contribution in [0.15, 0.2) is 16.9 Å². The Bertz CT molecular complexity index is 560. The molecule has 0 spiro atoms. The first-order valence-electron chi connectivity index (χ1n) is 6.37. The number of aliphatic hydroxyl groups excluding tert-OH is 1. The van der Waals surface area contributed by atoms with E-state index in [1.54, 1.807) is 13.1 Å². The van der Waals surface area contributed by atoms with Crippen molar-refractivity contribution in [2.24, 2.45) is 0 Å². The number of carbonyl (C=O) groups is 1. The molecule has 1 aliphatic heterocycles. The Hall–Kier alpha value is -1.76. The lowest BCUT2D eigenvalue weighted by atomic mass is 10.1. The summed E-state index contributed by atoms with van der Waals surface area (Å²) in [4.78, 5) is 22.4. The van der Waals surface area contributed by atoms with Gasteiger partial charge < -0.3 is 14.7 Å². The minimum absolute atomic E-state index is 0.0872. The molecule has 0 radical (unpaired) electrons. The van der Waals surface area contributed by atoms with Gasteiger partial charge in [0, 0.05) is 12.7 Å². The number of nitrogens with zero attached hydrogens (tertiary/aromatic N) is 3.